The third-order valence-corrected chi connectivity index (χ3v) is 0.768. The Balaban J connectivity index is 0. The number of quaternary nitrogens is 1. The molecule has 0 bridgehead atoms. The van der Waals surface area contributed by atoms with Crippen molar-refractivity contribution in [3.8, 4) is 0 Å². The minimum atomic E-state index is -0.269. The van der Waals surface area contributed by atoms with E-state index in [4.69, 9.17) is 21.4 Å². The molecule has 5 heteroatoms. The first-order chi connectivity index (χ1) is 4.81. The average molecular weight is 151 g/mol. The zero-order valence-electron chi connectivity index (χ0n) is 6.38. The van der Waals surface area contributed by atoms with Crippen LogP contribution in [0.1, 0.15) is 13.3 Å². The quantitative estimate of drug-likeness (QED) is 0.331. The maximum Gasteiger partial charge on any atom is 0.118 e. The molecule has 0 rings (SSSR count). The topological polar surface area (TPSA) is 112 Å². The van der Waals surface area contributed by atoms with Crippen molar-refractivity contribution in [3.63, 3.8) is 0 Å². The molecule has 0 aromatic carbocycles. The normalized spacial score (nSPS) is 11.7. The Morgan fingerprint density at radius 3 is 2.40 bits per heavy atom. The van der Waals surface area contributed by atoms with Crippen LogP contribution in [-0.4, -0.2) is 19.4 Å². The summed E-state index contributed by atoms with van der Waals surface area (Å²) in [4.78, 5) is 0. The zero-order chi connectivity index (χ0) is 8.41. The smallest absolute Gasteiger partial charge is 0.118 e. The summed E-state index contributed by atoms with van der Waals surface area (Å²) in [6.45, 7) is 3.14. The van der Waals surface area contributed by atoms with E-state index in [0.29, 0.717) is 13.2 Å². The molecule has 0 aliphatic heterocycles. The van der Waals surface area contributed by atoms with Crippen LogP contribution in [-0.2, 0) is 4.74 Å². The van der Waals surface area contributed by atoms with E-state index < -0.39 is 0 Å². The number of ether oxygens (including phenoxy) is 1. The van der Waals surface area contributed by atoms with Crippen molar-refractivity contribution in [3.05, 3.63) is 5.21 Å². The van der Waals surface area contributed by atoms with Crippen LogP contribution in [0, 0.1) is 5.21 Å². The third-order valence-electron chi connectivity index (χ3n) is 0.768. The second kappa shape index (κ2) is 11.6. The van der Waals surface area contributed by atoms with Gasteiger partial charge in [-0.05, 0) is 6.42 Å². The summed E-state index contributed by atoms with van der Waals surface area (Å²) < 4.78 is 4.99. The molecule has 0 saturated heterocycles. The van der Waals surface area contributed by atoms with Gasteiger partial charge >= 0.3 is 0 Å². The van der Waals surface area contributed by atoms with Crippen molar-refractivity contribution in [2.24, 2.45) is 11.5 Å². The van der Waals surface area contributed by atoms with Gasteiger partial charge in [0, 0.05) is 13.2 Å². The van der Waals surface area contributed by atoms with Crippen LogP contribution in [0.3, 0.4) is 0 Å². The van der Waals surface area contributed by atoms with Crippen LogP contribution in [0.25, 0.3) is 0 Å². The van der Waals surface area contributed by atoms with E-state index in [1.807, 2.05) is 12.8 Å². The van der Waals surface area contributed by atoms with E-state index in [0.717, 1.165) is 6.42 Å². The van der Waals surface area contributed by atoms with Gasteiger partial charge in [0.05, 0.1) is 0 Å². The van der Waals surface area contributed by atoms with Gasteiger partial charge in [0.2, 0.25) is 0 Å². The highest BCUT2D eigenvalue weighted by Gasteiger charge is 1.94. The fraction of sp³-hybridized carbons (Fsp3) is 1.00. The molecule has 0 heterocycles. The van der Waals surface area contributed by atoms with Crippen molar-refractivity contribution in [2.75, 3.05) is 13.2 Å². The SMILES string of the molecule is CCCOC(N)CN.[NH3+][O-]. The Morgan fingerprint density at radius 1 is 1.60 bits per heavy atom. The largest absolute Gasteiger partial charge is 0.637 e. The van der Waals surface area contributed by atoms with Crippen LogP contribution in [0.15, 0.2) is 0 Å². The maximum absolute atomic E-state index is 8.00. The second-order valence-electron chi connectivity index (χ2n) is 1.64. The second-order valence-corrected chi connectivity index (χ2v) is 1.64. The molecule has 0 spiro atoms. The number of nitrogens with two attached hydrogens (primary N) is 2. The molecule has 0 fully saturated rings. The van der Waals surface area contributed by atoms with E-state index in [-0.39, 0.29) is 6.23 Å². The average Bonchev–Trinajstić information content (AvgIpc) is 2.04. The molecular weight excluding hydrogens is 134 g/mol. The molecule has 0 aromatic heterocycles. The fourth-order valence-corrected chi connectivity index (χ4v) is 0.337. The molecule has 0 saturated carbocycles. The van der Waals surface area contributed by atoms with Crippen LogP contribution in [0.4, 0.5) is 0 Å². The number of hydrogen-bond donors (Lipinski definition) is 3. The summed E-state index contributed by atoms with van der Waals surface area (Å²) in [5.41, 5.74) is 10.5. The lowest BCUT2D eigenvalue weighted by Crippen LogP contribution is -2.37. The Hall–Kier alpha value is -0.200. The lowest BCUT2D eigenvalue weighted by atomic mass is 10.5. The van der Waals surface area contributed by atoms with Crippen molar-refractivity contribution >= 4 is 0 Å². The molecule has 1 unspecified atom stereocenters. The minimum Gasteiger partial charge on any atom is -0.637 e. The van der Waals surface area contributed by atoms with Gasteiger partial charge in [0.15, 0.2) is 0 Å². The molecule has 0 aromatic rings. The fourth-order valence-electron chi connectivity index (χ4n) is 0.337. The standard InChI is InChI=1S/C5H14N2O.H3NO/c1-2-3-8-5(7)4-6;1-2/h5H,2-4,6-7H2,1H3;1H3. The Morgan fingerprint density at radius 2 is 2.10 bits per heavy atom. The van der Waals surface area contributed by atoms with Crippen LogP contribution in [0.2, 0.25) is 0 Å². The van der Waals surface area contributed by atoms with E-state index in [9.17, 15) is 0 Å². The number of rotatable bonds is 4. The van der Waals surface area contributed by atoms with Crippen molar-refractivity contribution in [1.82, 2.24) is 0 Å². The van der Waals surface area contributed by atoms with E-state index in [2.05, 4.69) is 0 Å². The predicted molar refractivity (Wildman–Crippen MR) is 39.5 cm³/mol. The molecule has 0 aliphatic carbocycles. The van der Waals surface area contributed by atoms with Gasteiger partial charge in [-0.2, -0.15) is 0 Å². The molecule has 1 atom stereocenters. The minimum absolute atomic E-state index is 0.269. The summed E-state index contributed by atoms with van der Waals surface area (Å²) in [6.07, 6.45) is 0.725. The highest BCUT2D eigenvalue weighted by atomic mass is 16.5. The van der Waals surface area contributed by atoms with Gasteiger partial charge in [-0.1, -0.05) is 6.92 Å². The monoisotopic (exact) mass is 151 g/mol. The van der Waals surface area contributed by atoms with E-state index in [1.54, 1.807) is 0 Å². The van der Waals surface area contributed by atoms with Gasteiger partial charge in [0.25, 0.3) is 0 Å². The first-order valence-electron chi connectivity index (χ1n) is 3.17. The third kappa shape index (κ3) is 10.7. The lowest BCUT2D eigenvalue weighted by molar-refractivity contribution is -0.275. The van der Waals surface area contributed by atoms with Crippen molar-refractivity contribution in [2.45, 2.75) is 19.6 Å². The lowest BCUT2D eigenvalue weighted by Gasteiger charge is -2.07. The van der Waals surface area contributed by atoms with Gasteiger partial charge < -0.3 is 27.3 Å². The highest BCUT2D eigenvalue weighted by Crippen LogP contribution is 1.81. The van der Waals surface area contributed by atoms with Crippen LogP contribution >= 0.6 is 0 Å². The van der Waals surface area contributed by atoms with Crippen LogP contribution < -0.4 is 17.4 Å². The first-order valence-corrected chi connectivity index (χ1v) is 3.17. The Bertz CT molecular complexity index is 54.2. The van der Waals surface area contributed by atoms with Gasteiger partial charge in [0.1, 0.15) is 6.23 Å². The zero-order valence-corrected chi connectivity index (χ0v) is 6.38. The molecule has 64 valence electrons. The summed E-state index contributed by atoms with van der Waals surface area (Å²) in [6, 6.07) is 0. The molecule has 0 aliphatic rings. The van der Waals surface area contributed by atoms with Gasteiger partial charge in [-0.3, -0.25) is 0 Å². The van der Waals surface area contributed by atoms with Gasteiger partial charge in [-0.15, -0.1) is 0 Å². The summed E-state index contributed by atoms with van der Waals surface area (Å²) >= 11 is 0. The first kappa shape index (κ1) is 12.5. The van der Waals surface area contributed by atoms with Crippen molar-refractivity contribution < 1.29 is 10.6 Å². The van der Waals surface area contributed by atoms with Gasteiger partial charge in [-0.25, -0.2) is 0 Å². The molecule has 5 nitrogen and oxygen atoms in total. The molecule has 10 heavy (non-hydrogen) atoms. The molecule has 0 amide bonds. The van der Waals surface area contributed by atoms with Crippen molar-refractivity contribution in [1.29, 1.82) is 0 Å². The maximum atomic E-state index is 8.00. The van der Waals surface area contributed by atoms with E-state index in [1.165, 1.54) is 0 Å². The van der Waals surface area contributed by atoms with Crippen LogP contribution in [0.5, 0.6) is 0 Å². The summed E-state index contributed by atoms with van der Waals surface area (Å²) in [5, 5.41) is 8.00. The molecular formula is C5H17N3O2. The Kier molecular flexibility index (Phi) is 14.4. The summed E-state index contributed by atoms with van der Waals surface area (Å²) in [5.74, 6) is 2.00. The summed E-state index contributed by atoms with van der Waals surface area (Å²) in [7, 11) is 0. The Labute approximate surface area is 61.1 Å². The molecule has 0 radical (unpaired) electrons. The highest BCUT2D eigenvalue weighted by molar-refractivity contribution is 4.44. The number of hydrogen-bond acceptors (Lipinski definition) is 4. The molecule has 7 N–H and O–H groups in total. The van der Waals surface area contributed by atoms with E-state index >= 15 is 0 Å². The predicted octanol–water partition coefficient (Wildman–Crippen LogP) is -1.62.